The fourth-order valence-corrected chi connectivity index (χ4v) is 2.70. The van der Waals surface area contributed by atoms with Crippen LogP contribution in [0.1, 0.15) is 22.3 Å². The molecule has 7 heteroatoms. The zero-order valence-corrected chi connectivity index (χ0v) is 15.0. The number of fused-ring (bicyclic) bond motifs is 1. The fraction of sp³-hybridized carbons (Fsp3) is 0.300. The number of rotatable bonds is 6. The Morgan fingerprint density at radius 3 is 2.48 bits per heavy atom. The second kappa shape index (κ2) is 8.44. The summed E-state index contributed by atoms with van der Waals surface area (Å²) in [5.74, 6) is 0.560. The summed E-state index contributed by atoms with van der Waals surface area (Å²) in [5, 5.41) is 8.62. The van der Waals surface area contributed by atoms with Crippen molar-refractivity contribution in [1.82, 2.24) is 4.90 Å². The van der Waals surface area contributed by atoms with Gasteiger partial charge in [-0.3, -0.25) is 4.79 Å². The largest absolute Gasteiger partial charge is 0.490 e. The maximum absolute atomic E-state index is 12.7. The van der Waals surface area contributed by atoms with E-state index in [2.05, 4.69) is 0 Å². The Kier molecular flexibility index (Phi) is 5.80. The number of ether oxygens (including phenoxy) is 3. The highest BCUT2D eigenvalue weighted by molar-refractivity contribution is 5.94. The van der Waals surface area contributed by atoms with E-state index in [1.807, 2.05) is 0 Å². The fourth-order valence-electron chi connectivity index (χ4n) is 2.70. The molecule has 142 valence electrons. The van der Waals surface area contributed by atoms with Gasteiger partial charge in [-0.25, -0.2) is 4.79 Å². The van der Waals surface area contributed by atoms with Crippen LogP contribution in [0.3, 0.4) is 0 Å². The highest BCUT2D eigenvalue weighted by Crippen LogP contribution is 2.30. The summed E-state index contributed by atoms with van der Waals surface area (Å²) in [6.45, 7) is 1.19. The van der Waals surface area contributed by atoms with Gasteiger partial charge >= 0.3 is 5.97 Å². The average molecular weight is 371 g/mol. The molecule has 1 heterocycles. The molecule has 2 aromatic carbocycles. The number of aliphatic carboxylic acids is 1. The van der Waals surface area contributed by atoms with Gasteiger partial charge in [0, 0.05) is 25.6 Å². The van der Waals surface area contributed by atoms with Crippen molar-refractivity contribution in [2.45, 2.75) is 13.0 Å². The van der Waals surface area contributed by atoms with Gasteiger partial charge in [0.25, 0.3) is 5.91 Å². The lowest BCUT2D eigenvalue weighted by Gasteiger charge is -2.18. The van der Waals surface area contributed by atoms with E-state index in [-0.39, 0.29) is 12.5 Å². The quantitative estimate of drug-likeness (QED) is 0.840. The van der Waals surface area contributed by atoms with Gasteiger partial charge in [0.1, 0.15) is 5.75 Å². The van der Waals surface area contributed by atoms with Crippen LogP contribution in [0.5, 0.6) is 17.2 Å². The standard InChI is InChI=1S/C20H21NO6/c1-21(12-14-3-6-16(7-4-14)27-13-19(22)23)20(24)15-5-8-17-18(11-15)26-10-2-9-25-17/h3-8,11H,2,9-10,12-13H2,1H3,(H,22,23). The van der Waals surface area contributed by atoms with Crippen molar-refractivity contribution in [2.75, 3.05) is 26.9 Å². The molecule has 1 N–H and O–H groups in total. The molecule has 1 amide bonds. The average Bonchev–Trinajstić information content (AvgIpc) is 2.91. The number of carboxylic acid groups (broad SMARTS) is 1. The minimum atomic E-state index is -1.03. The molecule has 0 saturated carbocycles. The van der Waals surface area contributed by atoms with E-state index in [0.29, 0.717) is 42.6 Å². The first-order valence-electron chi connectivity index (χ1n) is 8.61. The third-order valence-electron chi connectivity index (χ3n) is 4.05. The van der Waals surface area contributed by atoms with Crippen LogP contribution in [0.15, 0.2) is 42.5 Å². The molecule has 1 aliphatic rings. The number of amides is 1. The van der Waals surface area contributed by atoms with Crippen LogP contribution in [0.2, 0.25) is 0 Å². The molecular weight excluding hydrogens is 350 g/mol. The number of carbonyl (C=O) groups excluding carboxylic acids is 1. The van der Waals surface area contributed by atoms with Gasteiger partial charge in [-0.05, 0) is 35.9 Å². The summed E-state index contributed by atoms with van der Waals surface area (Å²) >= 11 is 0. The molecular formula is C20H21NO6. The minimum absolute atomic E-state index is 0.128. The van der Waals surface area contributed by atoms with E-state index in [4.69, 9.17) is 19.3 Å². The molecule has 7 nitrogen and oxygen atoms in total. The number of nitrogens with zero attached hydrogens (tertiary/aromatic N) is 1. The molecule has 0 fully saturated rings. The van der Waals surface area contributed by atoms with Crippen LogP contribution in [0.25, 0.3) is 0 Å². The maximum atomic E-state index is 12.7. The number of hydrogen-bond acceptors (Lipinski definition) is 5. The summed E-state index contributed by atoms with van der Waals surface area (Å²) in [5.41, 5.74) is 1.44. The summed E-state index contributed by atoms with van der Waals surface area (Å²) in [4.78, 5) is 24.8. The summed E-state index contributed by atoms with van der Waals surface area (Å²) in [6.07, 6.45) is 0.810. The van der Waals surface area contributed by atoms with E-state index in [0.717, 1.165) is 12.0 Å². The van der Waals surface area contributed by atoms with Crippen molar-refractivity contribution in [3.63, 3.8) is 0 Å². The molecule has 0 aromatic heterocycles. The topological polar surface area (TPSA) is 85.3 Å². The third-order valence-corrected chi connectivity index (χ3v) is 4.05. The second-order valence-electron chi connectivity index (χ2n) is 6.20. The van der Waals surface area contributed by atoms with Crippen LogP contribution in [-0.2, 0) is 11.3 Å². The van der Waals surface area contributed by atoms with Crippen LogP contribution < -0.4 is 14.2 Å². The monoisotopic (exact) mass is 371 g/mol. The van der Waals surface area contributed by atoms with Gasteiger partial charge in [-0.15, -0.1) is 0 Å². The van der Waals surface area contributed by atoms with E-state index in [9.17, 15) is 9.59 Å². The van der Waals surface area contributed by atoms with Crippen molar-refractivity contribution in [2.24, 2.45) is 0 Å². The molecule has 0 spiro atoms. The van der Waals surface area contributed by atoms with Crippen LogP contribution in [0, 0.1) is 0 Å². The first kappa shape index (κ1) is 18.6. The third kappa shape index (κ3) is 4.91. The second-order valence-corrected chi connectivity index (χ2v) is 6.20. The van der Waals surface area contributed by atoms with Crippen molar-refractivity contribution in [1.29, 1.82) is 0 Å². The summed E-state index contributed by atoms with van der Waals surface area (Å²) in [6, 6.07) is 12.2. The Morgan fingerprint density at radius 1 is 1.07 bits per heavy atom. The van der Waals surface area contributed by atoms with E-state index in [1.165, 1.54) is 0 Å². The van der Waals surface area contributed by atoms with Gasteiger partial charge in [-0.2, -0.15) is 0 Å². The molecule has 0 atom stereocenters. The number of carbonyl (C=O) groups is 2. The van der Waals surface area contributed by atoms with Crippen LogP contribution in [-0.4, -0.2) is 48.8 Å². The molecule has 27 heavy (non-hydrogen) atoms. The summed E-state index contributed by atoms with van der Waals surface area (Å²) < 4.78 is 16.3. The Hall–Kier alpha value is -3.22. The Bertz CT molecular complexity index is 818. The smallest absolute Gasteiger partial charge is 0.341 e. The van der Waals surface area contributed by atoms with Crippen molar-refractivity contribution < 1.29 is 28.9 Å². The number of benzene rings is 2. The molecule has 0 aliphatic carbocycles. The lowest BCUT2D eigenvalue weighted by molar-refractivity contribution is -0.139. The SMILES string of the molecule is CN(Cc1ccc(OCC(=O)O)cc1)C(=O)c1ccc2c(c1)OCCCO2. The predicted octanol–water partition coefficient (Wildman–Crippen LogP) is 2.58. The Morgan fingerprint density at radius 2 is 1.78 bits per heavy atom. The van der Waals surface area contributed by atoms with E-state index >= 15 is 0 Å². The molecule has 1 aliphatic heterocycles. The molecule has 0 unspecified atom stereocenters. The molecule has 0 radical (unpaired) electrons. The maximum Gasteiger partial charge on any atom is 0.341 e. The number of carboxylic acids is 1. The highest BCUT2D eigenvalue weighted by atomic mass is 16.5. The van der Waals surface area contributed by atoms with Gasteiger partial charge in [0.15, 0.2) is 18.1 Å². The predicted molar refractivity (Wildman–Crippen MR) is 97.4 cm³/mol. The molecule has 3 rings (SSSR count). The van der Waals surface area contributed by atoms with E-state index in [1.54, 1.807) is 54.4 Å². The Balaban J connectivity index is 1.63. The van der Waals surface area contributed by atoms with Gasteiger partial charge in [0.2, 0.25) is 0 Å². The first-order chi connectivity index (χ1) is 13.0. The Labute approximate surface area is 157 Å². The van der Waals surface area contributed by atoms with Crippen molar-refractivity contribution in [3.05, 3.63) is 53.6 Å². The zero-order valence-electron chi connectivity index (χ0n) is 15.0. The normalized spacial score (nSPS) is 12.8. The molecule has 2 aromatic rings. The minimum Gasteiger partial charge on any atom is -0.490 e. The highest BCUT2D eigenvalue weighted by Gasteiger charge is 2.17. The summed E-state index contributed by atoms with van der Waals surface area (Å²) in [7, 11) is 1.72. The van der Waals surface area contributed by atoms with Gasteiger partial charge in [-0.1, -0.05) is 12.1 Å². The van der Waals surface area contributed by atoms with Crippen LogP contribution >= 0.6 is 0 Å². The molecule has 0 bridgehead atoms. The van der Waals surface area contributed by atoms with Crippen LogP contribution in [0.4, 0.5) is 0 Å². The van der Waals surface area contributed by atoms with Crippen molar-refractivity contribution in [3.8, 4) is 17.2 Å². The number of hydrogen-bond donors (Lipinski definition) is 1. The first-order valence-corrected chi connectivity index (χ1v) is 8.61. The lowest BCUT2D eigenvalue weighted by Crippen LogP contribution is -2.26. The van der Waals surface area contributed by atoms with E-state index < -0.39 is 5.97 Å². The van der Waals surface area contributed by atoms with Crippen molar-refractivity contribution >= 4 is 11.9 Å². The zero-order chi connectivity index (χ0) is 19.2. The van der Waals surface area contributed by atoms with Gasteiger partial charge < -0.3 is 24.2 Å². The molecule has 0 saturated heterocycles. The lowest BCUT2D eigenvalue weighted by atomic mass is 10.1. The van der Waals surface area contributed by atoms with Gasteiger partial charge in [0.05, 0.1) is 13.2 Å².